The number of fused-ring (bicyclic) bond motifs is 12. The molecule has 115 heavy (non-hydrogen) atoms. The summed E-state index contributed by atoms with van der Waals surface area (Å²) in [5.41, 5.74) is 8.50. The average molecular weight is 1580 g/mol. The number of azo groups is 4. The molecule has 5 aromatic carbocycles. The van der Waals surface area contributed by atoms with Gasteiger partial charge in [0, 0.05) is 45.6 Å². The van der Waals surface area contributed by atoms with Crippen LogP contribution in [0.15, 0.2) is 175 Å². The Balaban J connectivity index is 0.000000134. The standard InChI is InChI=1S/C19H10N8O.C18H13N9O2.C17H15N7O4S.C15H11N9O4S/c1-21-18(17(28)12-5-3-2-4-6-12)25-23-14-7-8-15-16(9-14)27-19(26-24-15)13(10-20)11-22-27;1-2-16(29)22-17-14(28)5-6-15(21-17)25-23-11-3-4-12-13(7-11)27-18(26-24-12)10(8-19)9-20-27;1-4-28-17(27)14-12-11(22-29-14)9-7-8(5-6-10(9)19-20-12)18-21-13-15(25)23(2)24(3)16(13)26;1-22-14(25)12(15(26)23(2)29(22,27)28)20-18-9-3-4-10-11(5-9)24-13(21-19-10)8(6-16)7-17-24/h2-9,11,18H;3-7,9,28H,2H2,1H3,(H,21,22,29);5-7,13H,4H2,1-3H3;3-5,7,12H,1-2H3. The van der Waals surface area contributed by atoms with E-state index in [2.05, 4.69) is 117 Å². The molecule has 16 rings (SSSR count). The van der Waals surface area contributed by atoms with Crippen molar-refractivity contribution in [3.8, 4) is 24.0 Å². The Morgan fingerprint density at radius 3 is 1.55 bits per heavy atom. The summed E-state index contributed by atoms with van der Waals surface area (Å²) in [4.78, 5) is 92.2. The molecule has 568 valence electrons. The highest BCUT2D eigenvalue weighted by Crippen LogP contribution is 2.33. The largest absolute Gasteiger partial charge is 0.504 e. The van der Waals surface area contributed by atoms with Gasteiger partial charge in [-0.3, -0.25) is 43.6 Å². The van der Waals surface area contributed by atoms with Gasteiger partial charge in [-0.05, 0) is 103 Å². The predicted molar refractivity (Wildman–Crippen MR) is 399 cm³/mol. The number of nitriles is 3. The molecule has 0 bridgehead atoms. The zero-order valence-corrected chi connectivity index (χ0v) is 61.6. The molecule has 2 saturated heterocycles. The number of rotatable bonds is 14. The normalized spacial score (nSPS) is 14.1. The van der Waals surface area contributed by atoms with Crippen LogP contribution in [0.1, 0.15) is 57.0 Å². The summed E-state index contributed by atoms with van der Waals surface area (Å²) in [5, 5.41) is 119. The minimum Gasteiger partial charge on any atom is -0.504 e. The average Bonchev–Trinajstić information content (AvgIpc) is 1.41. The van der Waals surface area contributed by atoms with Crippen molar-refractivity contribution in [2.24, 2.45) is 40.9 Å². The van der Waals surface area contributed by atoms with Crippen LogP contribution in [0.3, 0.4) is 0 Å². The number of carbonyl (C=O) groups excluding carboxylic acids is 7. The third-order valence-electron chi connectivity index (χ3n) is 16.9. The van der Waals surface area contributed by atoms with E-state index in [-0.39, 0.29) is 58.1 Å². The van der Waals surface area contributed by atoms with Crippen molar-refractivity contribution >= 4 is 169 Å². The molecule has 2 aliphatic rings. The van der Waals surface area contributed by atoms with Crippen molar-refractivity contribution in [1.29, 1.82) is 15.8 Å². The molecule has 0 aliphatic carbocycles. The maximum absolute atomic E-state index is 12.4. The van der Waals surface area contributed by atoms with Crippen molar-refractivity contribution in [3.63, 3.8) is 0 Å². The summed E-state index contributed by atoms with van der Waals surface area (Å²) >= 11 is 0.985. The number of nitrogens with zero attached hydrogens (tertiary/aromatic N) is 32. The topological polar surface area (TPSA) is 563 Å². The van der Waals surface area contributed by atoms with Crippen LogP contribution >= 0.6 is 11.5 Å². The molecule has 2 N–H and O–H groups in total. The fraction of sp³-hybridized carbons (Fsp3) is 0.159. The summed E-state index contributed by atoms with van der Waals surface area (Å²) in [6.07, 6.45) is 3.17. The summed E-state index contributed by atoms with van der Waals surface area (Å²) in [5.74, 6) is -4.05. The Morgan fingerprint density at radius 1 is 0.591 bits per heavy atom. The molecule has 9 aromatic heterocycles. The first kappa shape index (κ1) is 76.7. The van der Waals surface area contributed by atoms with Gasteiger partial charge >= 0.3 is 22.3 Å². The van der Waals surface area contributed by atoms with E-state index in [0.717, 1.165) is 25.6 Å². The van der Waals surface area contributed by atoms with E-state index in [1.807, 2.05) is 18.2 Å². The van der Waals surface area contributed by atoms with Gasteiger partial charge in [0.15, 0.2) is 39.2 Å². The van der Waals surface area contributed by atoms with E-state index in [1.54, 1.807) is 105 Å². The van der Waals surface area contributed by atoms with E-state index in [9.17, 15) is 47.1 Å². The van der Waals surface area contributed by atoms with Crippen molar-refractivity contribution in [1.82, 2.24) is 97.6 Å². The quantitative estimate of drug-likeness (QED) is 0.0343. The smallest absolute Gasteiger partial charge is 0.395 e. The van der Waals surface area contributed by atoms with Gasteiger partial charge in [0.05, 0.1) is 70.0 Å². The molecule has 44 nitrogen and oxygen atoms in total. The Kier molecular flexibility index (Phi) is 21.6. The maximum atomic E-state index is 12.4. The number of ketones is 1. The first-order valence-electron chi connectivity index (χ1n) is 33.3. The second-order valence-electron chi connectivity index (χ2n) is 23.8. The molecule has 0 saturated carbocycles. The van der Waals surface area contributed by atoms with Crippen LogP contribution in [-0.4, -0.2) is 205 Å². The number of ether oxygens (including phenoxy) is 1. The molecule has 46 heteroatoms. The molecule has 1 unspecified atom stereocenters. The number of pyridine rings is 1. The molecule has 0 spiro atoms. The summed E-state index contributed by atoms with van der Waals surface area (Å²) < 4.78 is 38.5. The van der Waals surface area contributed by atoms with Gasteiger partial charge in [0.1, 0.15) is 62.5 Å². The number of aromatic hydroxyl groups is 1. The zero-order chi connectivity index (χ0) is 81.5. The van der Waals surface area contributed by atoms with Crippen LogP contribution < -0.4 is 5.32 Å². The van der Waals surface area contributed by atoms with Crippen molar-refractivity contribution < 1.29 is 51.8 Å². The molecule has 2 fully saturated rings. The lowest BCUT2D eigenvalue weighted by Crippen LogP contribution is -2.58. The van der Waals surface area contributed by atoms with Gasteiger partial charge in [-0.2, -0.15) is 64.3 Å². The van der Waals surface area contributed by atoms with Crippen molar-refractivity contribution in [2.45, 2.75) is 38.5 Å². The van der Waals surface area contributed by atoms with Crippen LogP contribution in [0.2, 0.25) is 0 Å². The van der Waals surface area contributed by atoms with E-state index in [1.165, 1.54) is 80.5 Å². The lowest BCUT2D eigenvalue weighted by Gasteiger charge is -2.31. The predicted octanol–water partition coefficient (Wildman–Crippen LogP) is 7.87. The number of aromatic nitrogens is 16. The zero-order valence-electron chi connectivity index (χ0n) is 60.0. The monoisotopic (exact) mass is 1580 g/mol. The third-order valence-corrected chi connectivity index (χ3v) is 19.4. The number of nitrogens with one attached hydrogen (secondary N) is 1. The minimum absolute atomic E-state index is 0.0179. The van der Waals surface area contributed by atoms with E-state index in [0.29, 0.717) is 109 Å². The van der Waals surface area contributed by atoms with Crippen LogP contribution in [-0.2, 0) is 38.9 Å². The number of hydrogen-bond acceptors (Lipinski definition) is 36. The van der Waals surface area contributed by atoms with Crippen LogP contribution in [0.25, 0.3) is 76.8 Å². The lowest BCUT2D eigenvalue weighted by atomic mass is 10.1. The van der Waals surface area contributed by atoms with E-state index in [4.69, 9.17) is 27.1 Å². The van der Waals surface area contributed by atoms with E-state index >= 15 is 0 Å². The third kappa shape index (κ3) is 15.3. The van der Waals surface area contributed by atoms with Crippen LogP contribution in [0, 0.1) is 40.6 Å². The second-order valence-corrected chi connectivity index (χ2v) is 26.6. The maximum Gasteiger partial charge on any atom is 0.395 e. The van der Waals surface area contributed by atoms with Crippen molar-refractivity contribution in [2.75, 3.05) is 40.1 Å². The van der Waals surface area contributed by atoms with Crippen molar-refractivity contribution in [3.05, 3.63) is 172 Å². The molecule has 1 atom stereocenters. The number of hydrogen-bond donors (Lipinski definition) is 2. The van der Waals surface area contributed by atoms with E-state index < -0.39 is 63.8 Å². The molecule has 2 aliphatic heterocycles. The van der Waals surface area contributed by atoms with Crippen LogP contribution in [0.5, 0.6) is 5.75 Å². The number of anilines is 1. The second kappa shape index (κ2) is 32.4. The molecular formula is C69H49N33O11S2. The number of likely N-dealkylation sites (N-methyl/N-ethyl adjacent to an activating group) is 4. The van der Waals surface area contributed by atoms with Gasteiger partial charge in [-0.25, -0.2) is 38.5 Å². The summed E-state index contributed by atoms with van der Waals surface area (Å²) in [6.45, 7) is 10.9. The van der Waals surface area contributed by atoms with Gasteiger partial charge in [-0.15, -0.1) is 56.1 Å². The molecular weight excluding hydrogens is 1530 g/mol. The minimum atomic E-state index is -4.20. The van der Waals surface area contributed by atoms with Gasteiger partial charge in [-0.1, -0.05) is 42.4 Å². The summed E-state index contributed by atoms with van der Waals surface area (Å²) in [6, 6.07) is 34.2. The number of hydrazine groups is 1. The number of amides is 5. The lowest BCUT2D eigenvalue weighted by molar-refractivity contribution is -0.141. The van der Waals surface area contributed by atoms with Gasteiger partial charge in [0.25, 0.3) is 29.4 Å². The van der Waals surface area contributed by atoms with Crippen LogP contribution in [0.4, 0.5) is 34.4 Å². The Labute approximate surface area is 647 Å². The number of benzene rings is 5. The highest BCUT2D eigenvalue weighted by Gasteiger charge is 2.47. The SMILES string of the molecule is CCC(=O)Nc1nc(N=Nc2ccc3nnc4c(C#N)cnn4c3c2)ccc1O.CCOC(=O)c1snc2c1nnc1ccc(N=NC3C(=O)N(C)N(C)C3=O)cc12.CN1C(=O)C(N=Nc2ccc3nnc4c(C#N)cnn4c3c2)C(=O)N(C)S1(=O)=O.[C-]#[N+]C(N=Nc1ccc2nnc3c(C#N)cnn3c2c1)C(=O)c1ccccc1. The number of esters is 1. The molecule has 5 amide bonds. The summed E-state index contributed by atoms with van der Waals surface area (Å²) in [7, 11) is 0.868. The van der Waals surface area contributed by atoms with Gasteiger partial charge in [0.2, 0.25) is 18.0 Å². The Bertz CT molecular complexity index is 6770. The number of carbonyl (C=O) groups is 7. The molecule has 11 heterocycles. The Hall–Kier alpha value is -16.5. The fourth-order valence-electron chi connectivity index (χ4n) is 10.7. The molecule has 14 aromatic rings. The Morgan fingerprint density at radius 2 is 1.06 bits per heavy atom. The molecule has 0 radical (unpaired) electrons. The number of Topliss-reactive ketones (excluding diaryl/α,β-unsaturated/α-hetero) is 1. The highest BCUT2D eigenvalue weighted by atomic mass is 32.2. The first-order chi connectivity index (χ1) is 55.5. The first-order valence-corrected chi connectivity index (χ1v) is 35.5. The highest BCUT2D eigenvalue weighted by molar-refractivity contribution is 7.88. The fourth-order valence-corrected chi connectivity index (χ4v) is 12.5. The van der Waals surface area contributed by atoms with Gasteiger partial charge < -0.3 is 15.2 Å².